The summed E-state index contributed by atoms with van der Waals surface area (Å²) in [7, 11) is 0. The summed E-state index contributed by atoms with van der Waals surface area (Å²) >= 11 is 0. The van der Waals surface area contributed by atoms with Crippen LogP contribution in [0.25, 0.3) is 0 Å². The summed E-state index contributed by atoms with van der Waals surface area (Å²) in [6.07, 6.45) is -2.08. The SMILES string of the molecule is CC(C)(CNC(=O)C1CCCC(C(=O)O)C1)c1ccc(C(F)(F)F)cc1. The number of aliphatic carboxylic acids is 1. The highest BCUT2D eigenvalue weighted by Gasteiger charge is 2.33. The lowest BCUT2D eigenvalue weighted by Gasteiger charge is -2.29. The van der Waals surface area contributed by atoms with Gasteiger partial charge in [-0.2, -0.15) is 13.2 Å². The van der Waals surface area contributed by atoms with E-state index in [9.17, 15) is 22.8 Å². The molecule has 2 rings (SSSR count). The highest BCUT2D eigenvalue weighted by molar-refractivity contribution is 5.80. The van der Waals surface area contributed by atoms with Crippen LogP contribution in [0.2, 0.25) is 0 Å². The van der Waals surface area contributed by atoms with E-state index in [1.54, 1.807) is 0 Å². The lowest BCUT2D eigenvalue weighted by molar-refractivity contribution is -0.144. The number of hydrogen-bond donors (Lipinski definition) is 2. The van der Waals surface area contributed by atoms with Gasteiger partial charge in [-0.1, -0.05) is 32.4 Å². The second-order valence-electron chi connectivity index (χ2n) is 7.58. The minimum Gasteiger partial charge on any atom is -0.481 e. The van der Waals surface area contributed by atoms with Gasteiger partial charge in [-0.3, -0.25) is 9.59 Å². The van der Waals surface area contributed by atoms with Crippen molar-refractivity contribution < 1.29 is 27.9 Å². The summed E-state index contributed by atoms with van der Waals surface area (Å²) in [6.45, 7) is 3.96. The predicted molar refractivity (Wildman–Crippen MR) is 90.6 cm³/mol. The van der Waals surface area contributed by atoms with Crippen molar-refractivity contribution in [3.63, 3.8) is 0 Å². The first-order valence-electron chi connectivity index (χ1n) is 8.69. The van der Waals surface area contributed by atoms with Crippen LogP contribution in [-0.2, 0) is 21.2 Å². The van der Waals surface area contributed by atoms with Crippen molar-refractivity contribution in [3.8, 4) is 0 Å². The molecule has 0 spiro atoms. The molecule has 144 valence electrons. The molecule has 4 nitrogen and oxygen atoms in total. The maximum absolute atomic E-state index is 12.7. The van der Waals surface area contributed by atoms with E-state index < -0.39 is 29.0 Å². The van der Waals surface area contributed by atoms with Crippen LogP contribution in [0.15, 0.2) is 24.3 Å². The maximum Gasteiger partial charge on any atom is 0.416 e. The first-order valence-corrected chi connectivity index (χ1v) is 8.69. The van der Waals surface area contributed by atoms with Gasteiger partial charge in [0.05, 0.1) is 11.5 Å². The number of benzene rings is 1. The Bertz CT molecular complexity index is 653. The van der Waals surface area contributed by atoms with Crippen LogP contribution in [0.5, 0.6) is 0 Å². The zero-order valence-corrected chi connectivity index (χ0v) is 14.9. The van der Waals surface area contributed by atoms with E-state index in [2.05, 4.69) is 5.32 Å². The van der Waals surface area contributed by atoms with E-state index in [0.29, 0.717) is 31.2 Å². The van der Waals surface area contributed by atoms with Crippen LogP contribution in [0.4, 0.5) is 13.2 Å². The van der Waals surface area contributed by atoms with E-state index in [-0.39, 0.29) is 18.4 Å². The number of carboxylic acids is 1. The molecule has 1 aliphatic rings. The second kappa shape index (κ2) is 7.68. The van der Waals surface area contributed by atoms with Crippen molar-refractivity contribution in [2.24, 2.45) is 11.8 Å². The fourth-order valence-corrected chi connectivity index (χ4v) is 3.32. The molecule has 2 unspecified atom stereocenters. The summed E-state index contributed by atoms with van der Waals surface area (Å²) in [5.74, 6) is -1.86. The van der Waals surface area contributed by atoms with Gasteiger partial charge in [-0.15, -0.1) is 0 Å². The fraction of sp³-hybridized carbons (Fsp3) is 0.579. The van der Waals surface area contributed by atoms with Gasteiger partial charge in [0.2, 0.25) is 5.91 Å². The number of alkyl halides is 3. The maximum atomic E-state index is 12.7. The molecule has 0 bridgehead atoms. The predicted octanol–water partition coefficient (Wildman–Crippen LogP) is 3.99. The normalized spacial score (nSPS) is 21.3. The second-order valence-corrected chi connectivity index (χ2v) is 7.58. The van der Waals surface area contributed by atoms with Crippen molar-refractivity contribution in [3.05, 3.63) is 35.4 Å². The molecule has 0 heterocycles. The molecule has 1 fully saturated rings. The molecule has 0 radical (unpaired) electrons. The summed E-state index contributed by atoms with van der Waals surface area (Å²) < 4.78 is 38.0. The van der Waals surface area contributed by atoms with Gasteiger partial charge >= 0.3 is 12.1 Å². The molecular formula is C19H24F3NO3. The van der Waals surface area contributed by atoms with Crippen LogP contribution in [0.3, 0.4) is 0 Å². The summed E-state index contributed by atoms with van der Waals surface area (Å²) in [5.41, 5.74) is -0.554. The number of rotatable bonds is 5. The molecular weight excluding hydrogens is 347 g/mol. The molecule has 0 saturated heterocycles. The quantitative estimate of drug-likeness (QED) is 0.822. The van der Waals surface area contributed by atoms with Crippen molar-refractivity contribution in [2.75, 3.05) is 6.54 Å². The summed E-state index contributed by atoms with van der Waals surface area (Å²) in [6, 6.07) is 4.93. The van der Waals surface area contributed by atoms with E-state index in [1.165, 1.54) is 12.1 Å². The van der Waals surface area contributed by atoms with Gasteiger partial charge in [0, 0.05) is 17.9 Å². The molecule has 2 atom stereocenters. The third kappa shape index (κ3) is 4.99. The van der Waals surface area contributed by atoms with Gasteiger partial charge in [0.1, 0.15) is 0 Å². The first-order chi connectivity index (χ1) is 12.0. The molecule has 7 heteroatoms. The molecule has 1 saturated carbocycles. The molecule has 26 heavy (non-hydrogen) atoms. The average Bonchev–Trinajstić information content (AvgIpc) is 2.59. The third-order valence-corrected chi connectivity index (χ3v) is 5.09. The van der Waals surface area contributed by atoms with E-state index >= 15 is 0 Å². The van der Waals surface area contributed by atoms with Crippen LogP contribution in [0.1, 0.15) is 50.7 Å². The minimum absolute atomic E-state index is 0.184. The van der Waals surface area contributed by atoms with Gasteiger partial charge in [-0.05, 0) is 37.0 Å². The van der Waals surface area contributed by atoms with E-state index in [4.69, 9.17) is 5.11 Å². The van der Waals surface area contributed by atoms with Crippen molar-refractivity contribution in [1.82, 2.24) is 5.32 Å². The Morgan fingerprint density at radius 3 is 2.15 bits per heavy atom. The van der Waals surface area contributed by atoms with Crippen molar-refractivity contribution >= 4 is 11.9 Å². The number of hydrogen-bond acceptors (Lipinski definition) is 2. The van der Waals surface area contributed by atoms with Crippen molar-refractivity contribution in [2.45, 2.75) is 51.1 Å². The Morgan fingerprint density at radius 2 is 1.62 bits per heavy atom. The van der Waals surface area contributed by atoms with Gasteiger partial charge in [0.15, 0.2) is 0 Å². The molecule has 1 aliphatic carbocycles. The smallest absolute Gasteiger partial charge is 0.416 e. The lowest BCUT2D eigenvalue weighted by atomic mass is 9.80. The monoisotopic (exact) mass is 371 g/mol. The summed E-state index contributed by atoms with van der Waals surface area (Å²) in [4.78, 5) is 23.5. The Labute approximate surface area is 150 Å². The molecule has 1 aromatic carbocycles. The lowest BCUT2D eigenvalue weighted by Crippen LogP contribution is -2.41. The number of carbonyl (C=O) groups excluding carboxylic acids is 1. The van der Waals surface area contributed by atoms with Crippen molar-refractivity contribution in [1.29, 1.82) is 0 Å². The largest absolute Gasteiger partial charge is 0.481 e. The Morgan fingerprint density at radius 1 is 1.08 bits per heavy atom. The third-order valence-electron chi connectivity index (χ3n) is 5.09. The zero-order chi connectivity index (χ0) is 19.5. The van der Waals surface area contributed by atoms with Gasteiger partial charge < -0.3 is 10.4 Å². The highest BCUT2D eigenvalue weighted by atomic mass is 19.4. The topological polar surface area (TPSA) is 66.4 Å². The Kier molecular flexibility index (Phi) is 5.98. The fourth-order valence-electron chi connectivity index (χ4n) is 3.32. The Balaban J connectivity index is 1.96. The van der Waals surface area contributed by atoms with Gasteiger partial charge in [0.25, 0.3) is 0 Å². The van der Waals surface area contributed by atoms with E-state index in [1.807, 2.05) is 13.8 Å². The van der Waals surface area contributed by atoms with Crippen LogP contribution >= 0.6 is 0 Å². The Hall–Kier alpha value is -2.05. The molecule has 1 amide bonds. The van der Waals surface area contributed by atoms with Gasteiger partial charge in [-0.25, -0.2) is 0 Å². The van der Waals surface area contributed by atoms with Crippen LogP contribution in [-0.4, -0.2) is 23.5 Å². The number of nitrogens with one attached hydrogen (secondary N) is 1. The standard InChI is InChI=1S/C19H24F3NO3/c1-18(2,14-6-8-15(9-7-14)19(20,21)22)11-23-16(24)12-4-3-5-13(10-12)17(25)26/h6-9,12-13H,3-5,10-11H2,1-2H3,(H,23,24)(H,25,26). The number of carbonyl (C=O) groups is 2. The van der Waals surface area contributed by atoms with Crippen LogP contribution in [0, 0.1) is 11.8 Å². The number of carboxylic acid groups (broad SMARTS) is 1. The summed E-state index contributed by atoms with van der Waals surface area (Å²) in [5, 5.41) is 12.0. The molecule has 1 aromatic rings. The number of halogens is 3. The van der Waals surface area contributed by atoms with E-state index in [0.717, 1.165) is 12.1 Å². The minimum atomic E-state index is -4.38. The molecule has 0 aliphatic heterocycles. The molecule has 2 N–H and O–H groups in total. The number of amides is 1. The first kappa shape index (κ1) is 20.3. The van der Waals surface area contributed by atoms with Crippen LogP contribution < -0.4 is 5.32 Å². The zero-order valence-electron chi connectivity index (χ0n) is 14.9. The molecule has 0 aromatic heterocycles. The highest BCUT2D eigenvalue weighted by Crippen LogP contribution is 2.32. The average molecular weight is 371 g/mol.